The maximum absolute atomic E-state index is 12.4. The molecule has 0 radical (unpaired) electrons. The Morgan fingerprint density at radius 2 is 1.88 bits per heavy atom. The molecule has 2 aromatic rings. The molecule has 0 aliphatic carbocycles. The van der Waals surface area contributed by atoms with Crippen LogP contribution in [-0.2, 0) is 16.1 Å². The number of nitrogens with one attached hydrogen (secondary N) is 1. The number of carbonyl (C=O) groups is 2. The normalized spacial score (nSPS) is 14.2. The Bertz CT molecular complexity index is 837. The molecule has 0 saturated carbocycles. The topological polar surface area (TPSA) is 61.8 Å². The zero-order valence-electron chi connectivity index (χ0n) is 13.2. The minimum atomic E-state index is -0.320. The van der Waals surface area contributed by atoms with Crippen LogP contribution in [0, 0.1) is 0 Å². The third kappa shape index (κ3) is 4.18. The second-order valence-corrected chi connectivity index (χ2v) is 6.35. The summed E-state index contributed by atoms with van der Waals surface area (Å²) >= 11 is 12.0. The molecular weight excluding hydrogens is 361 g/mol. The predicted molar refractivity (Wildman–Crippen MR) is 98.9 cm³/mol. The fourth-order valence-electron chi connectivity index (χ4n) is 2.43. The third-order valence-corrected chi connectivity index (χ3v) is 4.34. The smallest absolute Gasteiger partial charge is 0.267 e. The molecule has 0 bridgehead atoms. The average molecular weight is 376 g/mol. The Kier molecular flexibility index (Phi) is 5.36. The summed E-state index contributed by atoms with van der Waals surface area (Å²) in [5.74, 6) is -0.456. The van der Waals surface area contributed by atoms with Gasteiger partial charge in [0, 0.05) is 29.4 Å². The molecule has 0 aromatic heterocycles. The SMILES string of the molecule is O=C(NCc1ccc(Cl)cc1Cl)C1=NN(c2ccccc2)C(=O)CC1. The lowest BCUT2D eigenvalue weighted by atomic mass is 10.1. The molecule has 25 heavy (non-hydrogen) atoms. The maximum atomic E-state index is 12.4. The average Bonchev–Trinajstić information content (AvgIpc) is 2.62. The van der Waals surface area contributed by atoms with Crippen molar-refractivity contribution in [3.8, 4) is 0 Å². The van der Waals surface area contributed by atoms with E-state index in [-0.39, 0.29) is 24.8 Å². The van der Waals surface area contributed by atoms with E-state index in [9.17, 15) is 9.59 Å². The summed E-state index contributed by atoms with van der Waals surface area (Å²) in [5, 5.41) is 9.29. The van der Waals surface area contributed by atoms with Crippen molar-refractivity contribution in [1.29, 1.82) is 0 Å². The van der Waals surface area contributed by atoms with Crippen LogP contribution in [0.25, 0.3) is 0 Å². The van der Waals surface area contributed by atoms with Crippen LogP contribution in [0.2, 0.25) is 10.0 Å². The first-order chi connectivity index (χ1) is 12.0. The van der Waals surface area contributed by atoms with Gasteiger partial charge in [-0.25, -0.2) is 5.01 Å². The highest BCUT2D eigenvalue weighted by molar-refractivity contribution is 6.40. The van der Waals surface area contributed by atoms with E-state index in [1.165, 1.54) is 5.01 Å². The van der Waals surface area contributed by atoms with Crippen LogP contribution in [0.3, 0.4) is 0 Å². The first kappa shape index (κ1) is 17.5. The van der Waals surface area contributed by atoms with Gasteiger partial charge < -0.3 is 5.32 Å². The number of hydrazone groups is 1. The van der Waals surface area contributed by atoms with Crippen molar-refractivity contribution in [2.24, 2.45) is 5.10 Å². The molecule has 0 fully saturated rings. The monoisotopic (exact) mass is 375 g/mol. The van der Waals surface area contributed by atoms with Gasteiger partial charge in [0.1, 0.15) is 5.71 Å². The van der Waals surface area contributed by atoms with Gasteiger partial charge >= 0.3 is 0 Å². The van der Waals surface area contributed by atoms with Crippen molar-refractivity contribution in [1.82, 2.24) is 5.32 Å². The van der Waals surface area contributed by atoms with Gasteiger partial charge in [-0.1, -0.05) is 47.5 Å². The van der Waals surface area contributed by atoms with E-state index in [1.54, 1.807) is 30.3 Å². The Balaban J connectivity index is 1.72. The van der Waals surface area contributed by atoms with Crippen molar-refractivity contribution in [3.05, 3.63) is 64.1 Å². The quantitative estimate of drug-likeness (QED) is 0.883. The van der Waals surface area contributed by atoms with E-state index < -0.39 is 0 Å². The van der Waals surface area contributed by atoms with Gasteiger partial charge in [-0.05, 0) is 29.8 Å². The molecule has 1 aliphatic heterocycles. The summed E-state index contributed by atoms with van der Waals surface area (Å²) < 4.78 is 0. The van der Waals surface area contributed by atoms with Crippen LogP contribution in [0.5, 0.6) is 0 Å². The summed E-state index contributed by atoms with van der Waals surface area (Å²) in [6.45, 7) is 0.257. The maximum Gasteiger partial charge on any atom is 0.267 e. The van der Waals surface area contributed by atoms with Crippen LogP contribution in [0.4, 0.5) is 5.69 Å². The number of hydrogen-bond donors (Lipinski definition) is 1. The molecule has 2 aromatic carbocycles. The summed E-state index contributed by atoms with van der Waals surface area (Å²) in [6.07, 6.45) is 0.547. The van der Waals surface area contributed by atoms with Crippen molar-refractivity contribution in [3.63, 3.8) is 0 Å². The van der Waals surface area contributed by atoms with Gasteiger partial charge in [0.05, 0.1) is 5.69 Å². The first-order valence-corrected chi connectivity index (χ1v) is 8.48. The minimum absolute atomic E-state index is 0.136. The van der Waals surface area contributed by atoms with Crippen LogP contribution in [0.15, 0.2) is 53.6 Å². The summed E-state index contributed by atoms with van der Waals surface area (Å²) in [4.78, 5) is 24.5. The van der Waals surface area contributed by atoms with Gasteiger partial charge in [-0.3, -0.25) is 9.59 Å². The molecule has 3 rings (SSSR count). The van der Waals surface area contributed by atoms with Gasteiger partial charge in [0.15, 0.2) is 0 Å². The molecule has 2 amide bonds. The molecule has 7 heteroatoms. The molecule has 1 N–H and O–H groups in total. The van der Waals surface area contributed by atoms with Gasteiger partial charge in [-0.15, -0.1) is 0 Å². The highest BCUT2D eigenvalue weighted by atomic mass is 35.5. The third-order valence-electron chi connectivity index (χ3n) is 3.75. The molecule has 0 atom stereocenters. The second kappa shape index (κ2) is 7.68. The van der Waals surface area contributed by atoms with E-state index >= 15 is 0 Å². The van der Waals surface area contributed by atoms with Crippen LogP contribution < -0.4 is 10.3 Å². The van der Waals surface area contributed by atoms with E-state index in [1.807, 2.05) is 18.2 Å². The van der Waals surface area contributed by atoms with Crippen molar-refractivity contribution < 1.29 is 9.59 Å². The van der Waals surface area contributed by atoms with E-state index in [0.717, 1.165) is 5.56 Å². The number of carbonyl (C=O) groups excluding carboxylic acids is 2. The molecule has 5 nitrogen and oxygen atoms in total. The summed E-state index contributed by atoms with van der Waals surface area (Å²) in [6, 6.07) is 14.1. The number of amides is 2. The molecule has 0 saturated heterocycles. The van der Waals surface area contributed by atoms with Crippen LogP contribution >= 0.6 is 23.2 Å². The first-order valence-electron chi connectivity index (χ1n) is 7.72. The molecule has 0 spiro atoms. The fourth-order valence-corrected chi connectivity index (χ4v) is 2.91. The number of benzene rings is 2. The van der Waals surface area contributed by atoms with Gasteiger partial charge in [0.25, 0.3) is 5.91 Å². The summed E-state index contributed by atoms with van der Waals surface area (Å²) in [7, 11) is 0. The highest BCUT2D eigenvalue weighted by Gasteiger charge is 2.25. The lowest BCUT2D eigenvalue weighted by molar-refractivity contribution is -0.119. The molecule has 1 aliphatic rings. The Morgan fingerprint density at radius 1 is 1.12 bits per heavy atom. The number of halogens is 2. The number of hydrogen-bond acceptors (Lipinski definition) is 3. The highest BCUT2D eigenvalue weighted by Crippen LogP contribution is 2.22. The van der Waals surface area contributed by atoms with E-state index in [0.29, 0.717) is 27.9 Å². The zero-order valence-corrected chi connectivity index (χ0v) is 14.7. The lowest BCUT2D eigenvalue weighted by Crippen LogP contribution is -2.38. The minimum Gasteiger partial charge on any atom is -0.347 e. The largest absolute Gasteiger partial charge is 0.347 e. The van der Waals surface area contributed by atoms with Crippen LogP contribution in [-0.4, -0.2) is 17.5 Å². The molecule has 1 heterocycles. The van der Waals surface area contributed by atoms with Crippen LogP contribution in [0.1, 0.15) is 18.4 Å². The van der Waals surface area contributed by atoms with E-state index in [4.69, 9.17) is 23.2 Å². The Morgan fingerprint density at radius 3 is 2.60 bits per heavy atom. The fraction of sp³-hybridized carbons (Fsp3) is 0.167. The predicted octanol–water partition coefficient (Wildman–Crippen LogP) is 3.79. The van der Waals surface area contributed by atoms with E-state index in [2.05, 4.69) is 10.4 Å². The summed E-state index contributed by atoms with van der Waals surface area (Å²) in [5.41, 5.74) is 1.71. The zero-order chi connectivity index (χ0) is 17.8. The van der Waals surface area contributed by atoms with Crippen molar-refractivity contribution in [2.75, 3.05) is 5.01 Å². The lowest BCUT2D eigenvalue weighted by Gasteiger charge is -2.23. The van der Waals surface area contributed by atoms with Gasteiger partial charge in [0.2, 0.25) is 5.91 Å². The molecule has 128 valence electrons. The molecular formula is C18H15Cl2N3O2. The van der Waals surface area contributed by atoms with Gasteiger partial charge in [-0.2, -0.15) is 5.10 Å². The Hall–Kier alpha value is -2.37. The standard InChI is InChI=1S/C18H15Cl2N3O2/c19-13-7-6-12(15(20)10-13)11-21-18(25)16-8-9-17(24)23(22-16)14-4-2-1-3-5-14/h1-7,10H,8-9,11H2,(H,21,25). The Labute approximate surface area is 155 Å². The molecule has 0 unspecified atom stereocenters. The van der Waals surface area contributed by atoms with Crippen molar-refractivity contribution in [2.45, 2.75) is 19.4 Å². The number of para-hydroxylation sites is 1. The van der Waals surface area contributed by atoms with Crippen molar-refractivity contribution >= 4 is 46.4 Å². The second-order valence-electron chi connectivity index (χ2n) is 5.51. The number of rotatable bonds is 4. The number of nitrogens with zero attached hydrogens (tertiary/aromatic N) is 2. The number of anilines is 1.